The van der Waals surface area contributed by atoms with Crippen molar-refractivity contribution in [3.63, 3.8) is 0 Å². The van der Waals surface area contributed by atoms with E-state index in [4.69, 9.17) is 0 Å². The van der Waals surface area contributed by atoms with E-state index in [0.29, 0.717) is 24.2 Å². The van der Waals surface area contributed by atoms with Crippen LogP contribution in [0.3, 0.4) is 0 Å². The van der Waals surface area contributed by atoms with Crippen LogP contribution in [0.15, 0.2) is 54.6 Å². The van der Waals surface area contributed by atoms with Gasteiger partial charge in [-0.1, -0.05) is 19.4 Å². The number of sulfonamides is 1. The molecular formula is C25H31FN4O3S. The van der Waals surface area contributed by atoms with Crippen molar-refractivity contribution in [2.75, 3.05) is 24.1 Å². The van der Waals surface area contributed by atoms with Gasteiger partial charge in [0.05, 0.1) is 11.4 Å². The van der Waals surface area contributed by atoms with Crippen LogP contribution < -0.4 is 4.72 Å². The zero-order valence-electron chi connectivity index (χ0n) is 19.6. The van der Waals surface area contributed by atoms with Gasteiger partial charge in [-0.05, 0) is 74.2 Å². The van der Waals surface area contributed by atoms with Gasteiger partial charge in [-0.25, -0.2) is 12.8 Å². The first-order chi connectivity index (χ1) is 16.3. The maximum absolute atomic E-state index is 13.1. The number of nitrogens with one attached hydrogen (secondary N) is 2. The Kier molecular flexibility index (Phi) is 8.81. The van der Waals surface area contributed by atoms with Gasteiger partial charge in [0, 0.05) is 36.1 Å². The molecule has 0 aliphatic carbocycles. The van der Waals surface area contributed by atoms with E-state index in [2.05, 4.69) is 14.9 Å². The van der Waals surface area contributed by atoms with Crippen LogP contribution in [-0.2, 0) is 16.4 Å². The Morgan fingerprint density at radius 2 is 1.85 bits per heavy atom. The molecule has 9 heteroatoms. The lowest BCUT2D eigenvalue weighted by molar-refractivity contribution is 0.0792. The molecule has 3 aromatic rings. The van der Waals surface area contributed by atoms with Gasteiger partial charge in [-0.15, -0.1) is 0 Å². The van der Waals surface area contributed by atoms with Crippen molar-refractivity contribution in [2.24, 2.45) is 0 Å². The van der Waals surface area contributed by atoms with Crippen molar-refractivity contribution in [2.45, 2.75) is 39.0 Å². The van der Waals surface area contributed by atoms with Gasteiger partial charge in [0.1, 0.15) is 5.82 Å². The molecule has 0 aliphatic rings. The molecule has 0 unspecified atom stereocenters. The zero-order chi connectivity index (χ0) is 24.6. The quantitative estimate of drug-likeness (QED) is 0.358. The first kappa shape index (κ1) is 25.4. The third-order valence-corrected chi connectivity index (χ3v) is 6.91. The monoisotopic (exact) mass is 486 g/mol. The van der Waals surface area contributed by atoms with Crippen LogP contribution in [0.4, 0.5) is 10.1 Å². The van der Waals surface area contributed by atoms with E-state index in [1.165, 1.54) is 12.1 Å². The number of unbranched alkanes of at least 4 members (excludes halogenated alkanes) is 2. The molecule has 0 radical (unpaired) electrons. The lowest BCUT2D eigenvalue weighted by Gasteiger charge is -2.17. The Hall–Kier alpha value is -3.20. The molecule has 0 fully saturated rings. The van der Waals surface area contributed by atoms with E-state index in [1.807, 2.05) is 6.07 Å². The zero-order valence-corrected chi connectivity index (χ0v) is 20.4. The lowest BCUT2D eigenvalue weighted by Crippen LogP contribution is -2.28. The molecule has 182 valence electrons. The first-order valence-electron chi connectivity index (χ1n) is 11.4. The Morgan fingerprint density at radius 1 is 1.09 bits per heavy atom. The molecule has 1 aromatic heterocycles. The molecule has 0 bridgehead atoms. The number of aromatic nitrogens is 2. The highest BCUT2D eigenvalue weighted by molar-refractivity contribution is 7.92. The van der Waals surface area contributed by atoms with Gasteiger partial charge in [0.25, 0.3) is 5.91 Å². The average molecular weight is 487 g/mol. The third kappa shape index (κ3) is 7.41. The second-order valence-electron chi connectivity index (χ2n) is 8.32. The van der Waals surface area contributed by atoms with Crippen LogP contribution in [-0.4, -0.2) is 48.8 Å². The summed E-state index contributed by atoms with van der Waals surface area (Å²) < 4.78 is 39.6. The fraction of sp³-hybridized carbons (Fsp3) is 0.360. The third-order valence-electron chi connectivity index (χ3n) is 5.41. The molecule has 2 N–H and O–H groups in total. The van der Waals surface area contributed by atoms with E-state index in [9.17, 15) is 17.6 Å². The summed E-state index contributed by atoms with van der Waals surface area (Å²) in [5.41, 5.74) is 3.52. The Balaban J connectivity index is 1.43. The largest absolute Gasteiger partial charge is 0.342 e. The topological polar surface area (TPSA) is 95.2 Å². The summed E-state index contributed by atoms with van der Waals surface area (Å²) >= 11 is 0. The number of amides is 1. The summed E-state index contributed by atoms with van der Waals surface area (Å²) in [6.07, 6.45) is 4.10. The van der Waals surface area contributed by atoms with Gasteiger partial charge in [0.15, 0.2) is 0 Å². The highest BCUT2D eigenvalue weighted by Crippen LogP contribution is 2.19. The van der Waals surface area contributed by atoms with Crippen LogP contribution in [0.2, 0.25) is 0 Å². The smallest absolute Gasteiger partial charge is 0.253 e. The summed E-state index contributed by atoms with van der Waals surface area (Å²) in [6.45, 7) is 2.41. The van der Waals surface area contributed by atoms with Crippen LogP contribution in [0.25, 0.3) is 11.3 Å². The molecule has 0 spiro atoms. The molecule has 1 heterocycles. The number of rotatable bonds is 12. The second kappa shape index (κ2) is 11.8. The van der Waals surface area contributed by atoms with Gasteiger partial charge in [-0.3, -0.25) is 14.6 Å². The standard InChI is InChI=1S/C25H31FN4O3S/c1-3-16-34(32,33)29-23-10-7-8-20(17-23)25(31)30(2)15-6-4-5-9-22-18-24(28-27-22)19-11-13-21(26)14-12-19/h7-8,10-14,17-18,29H,3-6,9,15-16H2,1-2H3,(H,27,28). The van der Waals surface area contributed by atoms with Gasteiger partial charge < -0.3 is 4.90 Å². The number of anilines is 1. The Labute approximate surface area is 200 Å². The van der Waals surface area contributed by atoms with Crippen molar-refractivity contribution in [3.05, 3.63) is 71.7 Å². The number of halogens is 1. The Morgan fingerprint density at radius 3 is 2.59 bits per heavy atom. The van der Waals surface area contributed by atoms with Gasteiger partial charge >= 0.3 is 0 Å². The van der Waals surface area contributed by atoms with Crippen LogP contribution in [0.5, 0.6) is 0 Å². The second-order valence-corrected chi connectivity index (χ2v) is 10.2. The molecule has 0 saturated carbocycles. The minimum Gasteiger partial charge on any atom is -0.342 e. The maximum atomic E-state index is 13.1. The summed E-state index contributed by atoms with van der Waals surface area (Å²) in [5.74, 6) is -0.377. The van der Waals surface area contributed by atoms with Gasteiger partial charge in [-0.2, -0.15) is 5.10 Å². The number of hydrogen-bond acceptors (Lipinski definition) is 4. The molecule has 34 heavy (non-hydrogen) atoms. The fourth-order valence-electron chi connectivity index (χ4n) is 3.64. The van der Waals surface area contributed by atoms with Crippen LogP contribution >= 0.6 is 0 Å². The summed E-state index contributed by atoms with van der Waals surface area (Å²) in [6, 6.07) is 14.8. The van der Waals surface area contributed by atoms with Crippen LogP contribution in [0.1, 0.15) is 48.7 Å². The molecule has 2 aromatic carbocycles. The minimum atomic E-state index is -3.40. The molecular weight excluding hydrogens is 455 g/mol. The minimum absolute atomic E-state index is 0.0389. The summed E-state index contributed by atoms with van der Waals surface area (Å²) in [5, 5.41) is 7.33. The van der Waals surface area contributed by atoms with E-state index < -0.39 is 10.0 Å². The van der Waals surface area contributed by atoms with Gasteiger partial charge in [0.2, 0.25) is 10.0 Å². The van der Waals surface area contributed by atoms with Crippen molar-refractivity contribution >= 4 is 21.6 Å². The number of aromatic amines is 1. The SMILES string of the molecule is CCCS(=O)(=O)Nc1cccc(C(=O)N(C)CCCCCc2cc(-c3ccc(F)cc3)n[nH]2)c1. The number of aryl methyl sites for hydroxylation is 1. The van der Waals surface area contributed by atoms with Crippen molar-refractivity contribution < 1.29 is 17.6 Å². The van der Waals surface area contributed by atoms with Crippen molar-refractivity contribution in [3.8, 4) is 11.3 Å². The normalized spacial score (nSPS) is 11.4. The molecule has 0 saturated heterocycles. The number of nitrogens with zero attached hydrogens (tertiary/aromatic N) is 2. The van der Waals surface area contributed by atoms with Crippen molar-refractivity contribution in [1.29, 1.82) is 0 Å². The number of carbonyl (C=O) groups excluding carboxylic acids is 1. The van der Waals surface area contributed by atoms with E-state index in [1.54, 1.807) is 55.3 Å². The number of benzene rings is 2. The fourth-order valence-corrected chi connectivity index (χ4v) is 4.76. The van der Waals surface area contributed by atoms with E-state index in [-0.39, 0.29) is 17.5 Å². The first-order valence-corrected chi connectivity index (χ1v) is 13.1. The molecule has 3 rings (SSSR count). The predicted molar refractivity (Wildman–Crippen MR) is 133 cm³/mol. The summed E-state index contributed by atoms with van der Waals surface area (Å²) in [7, 11) is -1.65. The van der Waals surface area contributed by atoms with E-state index in [0.717, 1.165) is 42.6 Å². The average Bonchev–Trinajstić information content (AvgIpc) is 3.27. The predicted octanol–water partition coefficient (Wildman–Crippen LogP) is 4.85. The molecule has 0 atom stereocenters. The van der Waals surface area contributed by atoms with Crippen molar-refractivity contribution in [1.82, 2.24) is 15.1 Å². The highest BCUT2D eigenvalue weighted by atomic mass is 32.2. The number of carbonyl (C=O) groups is 1. The maximum Gasteiger partial charge on any atom is 0.253 e. The molecule has 7 nitrogen and oxygen atoms in total. The Bertz CT molecular complexity index is 1190. The molecule has 1 amide bonds. The number of H-pyrrole nitrogens is 1. The summed E-state index contributed by atoms with van der Waals surface area (Å²) in [4.78, 5) is 14.4. The van der Waals surface area contributed by atoms with Crippen LogP contribution in [0, 0.1) is 5.82 Å². The van der Waals surface area contributed by atoms with E-state index >= 15 is 0 Å². The number of hydrogen-bond donors (Lipinski definition) is 2. The molecule has 0 aliphatic heterocycles. The lowest BCUT2D eigenvalue weighted by atomic mass is 10.1. The highest BCUT2D eigenvalue weighted by Gasteiger charge is 2.14.